The average Bonchev–Trinajstić information content (AvgIpc) is 3.22. The molecular weight excluding hydrogens is 361 g/mol. The molecule has 1 aliphatic carbocycles. The first kappa shape index (κ1) is 20.7. The molecule has 1 saturated heterocycles. The van der Waals surface area contributed by atoms with Crippen LogP contribution in [0.15, 0.2) is 24.3 Å². The molecule has 1 aliphatic heterocycles. The van der Waals surface area contributed by atoms with Crippen LogP contribution in [0.25, 0.3) is 0 Å². The van der Waals surface area contributed by atoms with Gasteiger partial charge < -0.3 is 15.0 Å². The molecule has 6 nitrogen and oxygen atoms in total. The van der Waals surface area contributed by atoms with Gasteiger partial charge in [0.1, 0.15) is 5.82 Å². The molecule has 2 fully saturated rings. The highest BCUT2D eigenvalue weighted by atomic mass is 19.1. The molecule has 1 N–H and O–H groups in total. The summed E-state index contributed by atoms with van der Waals surface area (Å²) in [6.07, 6.45) is 4.49. The van der Waals surface area contributed by atoms with Gasteiger partial charge in [-0.2, -0.15) is 0 Å². The summed E-state index contributed by atoms with van der Waals surface area (Å²) in [6.45, 7) is 3.41. The fourth-order valence-electron chi connectivity index (χ4n) is 4.34. The smallest absolute Gasteiger partial charge is 0.254 e. The van der Waals surface area contributed by atoms with Crippen LogP contribution >= 0.6 is 0 Å². The molecule has 1 saturated carbocycles. The molecule has 154 valence electrons. The van der Waals surface area contributed by atoms with Gasteiger partial charge in [-0.1, -0.05) is 18.9 Å². The van der Waals surface area contributed by atoms with Crippen LogP contribution in [-0.4, -0.2) is 74.1 Å². The Balaban J connectivity index is 1.61. The Morgan fingerprint density at radius 1 is 1.21 bits per heavy atom. The number of amides is 2. The molecule has 2 aliphatic rings. The quantitative estimate of drug-likeness (QED) is 0.722. The molecule has 3 rings (SSSR count). The molecule has 0 aromatic heterocycles. The minimum absolute atomic E-state index is 0.0638. The first-order valence-corrected chi connectivity index (χ1v) is 10.2. The Morgan fingerprint density at radius 3 is 2.57 bits per heavy atom. The van der Waals surface area contributed by atoms with Gasteiger partial charge in [0, 0.05) is 45.4 Å². The van der Waals surface area contributed by atoms with Crippen LogP contribution in [0.5, 0.6) is 0 Å². The summed E-state index contributed by atoms with van der Waals surface area (Å²) in [6, 6.07) is 5.66. The molecule has 2 amide bonds. The standard InChI is InChI=1S/C21H30FN3O3/c1-28-14-9-23-20(26)19(16-5-2-3-6-16)24-10-12-25(13-11-24)21(27)17-7-4-8-18(22)15-17/h4,7-8,15-16,19H,2-3,5-6,9-14H2,1H3,(H,23,26)/t19-/m0/s1. The van der Waals surface area contributed by atoms with Gasteiger partial charge in [-0.3, -0.25) is 14.5 Å². The van der Waals surface area contributed by atoms with Gasteiger partial charge in [0.05, 0.1) is 12.6 Å². The van der Waals surface area contributed by atoms with Gasteiger partial charge in [0.2, 0.25) is 5.91 Å². The minimum Gasteiger partial charge on any atom is -0.383 e. The Kier molecular flexibility index (Phi) is 7.39. The molecule has 7 heteroatoms. The van der Waals surface area contributed by atoms with Gasteiger partial charge in [0.25, 0.3) is 5.91 Å². The van der Waals surface area contributed by atoms with E-state index in [9.17, 15) is 14.0 Å². The highest BCUT2D eigenvalue weighted by Crippen LogP contribution is 2.31. The van der Waals surface area contributed by atoms with Crippen molar-refractivity contribution in [2.45, 2.75) is 31.7 Å². The van der Waals surface area contributed by atoms with E-state index in [2.05, 4.69) is 10.2 Å². The van der Waals surface area contributed by atoms with Crippen LogP contribution in [0.4, 0.5) is 4.39 Å². The molecule has 1 atom stereocenters. The predicted molar refractivity (Wildman–Crippen MR) is 105 cm³/mol. The zero-order valence-corrected chi connectivity index (χ0v) is 16.5. The van der Waals surface area contributed by atoms with Crippen LogP contribution in [-0.2, 0) is 9.53 Å². The van der Waals surface area contributed by atoms with E-state index in [1.807, 2.05) is 0 Å². The number of benzene rings is 1. The lowest BCUT2D eigenvalue weighted by molar-refractivity contribution is -0.129. The van der Waals surface area contributed by atoms with E-state index in [0.717, 1.165) is 12.8 Å². The summed E-state index contributed by atoms with van der Waals surface area (Å²) in [7, 11) is 1.62. The third kappa shape index (κ3) is 5.08. The zero-order chi connectivity index (χ0) is 19.9. The SMILES string of the molecule is COCCNC(=O)[C@H](C1CCCC1)N1CCN(C(=O)c2cccc(F)c2)CC1. The highest BCUT2D eigenvalue weighted by Gasteiger charge is 2.37. The summed E-state index contributed by atoms with van der Waals surface area (Å²) < 4.78 is 18.5. The number of hydrogen-bond donors (Lipinski definition) is 1. The van der Waals surface area contributed by atoms with Crippen molar-refractivity contribution in [2.24, 2.45) is 5.92 Å². The Labute approximate surface area is 166 Å². The number of rotatable bonds is 7. The summed E-state index contributed by atoms with van der Waals surface area (Å²) >= 11 is 0. The number of nitrogens with zero attached hydrogens (tertiary/aromatic N) is 2. The van der Waals surface area contributed by atoms with Gasteiger partial charge in [0.15, 0.2) is 0 Å². The molecule has 1 aromatic rings. The monoisotopic (exact) mass is 391 g/mol. The van der Waals surface area contributed by atoms with Crippen molar-refractivity contribution >= 4 is 11.8 Å². The number of methoxy groups -OCH3 is 1. The number of ether oxygens (including phenoxy) is 1. The minimum atomic E-state index is -0.404. The fourth-order valence-corrected chi connectivity index (χ4v) is 4.34. The van der Waals surface area contributed by atoms with E-state index in [-0.39, 0.29) is 17.9 Å². The first-order chi connectivity index (χ1) is 13.6. The van der Waals surface area contributed by atoms with E-state index in [1.54, 1.807) is 24.1 Å². The van der Waals surface area contributed by atoms with E-state index in [0.29, 0.717) is 50.8 Å². The van der Waals surface area contributed by atoms with Crippen LogP contribution in [0.3, 0.4) is 0 Å². The van der Waals surface area contributed by atoms with Gasteiger partial charge in [-0.25, -0.2) is 4.39 Å². The van der Waals surface area contributed by atoms with Crippen LogP contribution in [0.1, 0.15) is 36.0 Å². The Morgan fingerprint density at radius 2 is 1.93 bits per heavy atom. The van der Waals surface area contributed by atoms with Gasteiger partial charge in [-0.15, -0.1) is 0 Å². The molecule has 0 bridgehead atoms. The maximum Gasteiger partial charge on any atom is 0.254 e. The number of piperazine rings is 1. The molecule has 0 radical (unpaired) electrons. The fraction of sp³-hybridized carbons (Fsp3) is 0.619. The molecule has 1 aromatic carbocycles. The average molecular weight is 391 g/mol. The second-order valence-electron chi connectivity index (χ2n) is 7.61. The van der Waals surface area contributed by atoms with E-state index >= 15 is 0 Å². The molecular formula is C21H30FN3O3. The molecule has 0 unspecified atom stereocenters. The van der Waals surface area contributed by atoms with E-state index < -0.39 is 5.82 Å². The molecule has 1 heterocycles. The molecule has 0 spiro atoms. The van der Waals surface area contributed by atoms with Crippen LogP contribution in [0.2, 0.25) is 0 Å². The lowest BCUT2D eigenvalue weighted by atomic mass is 9.95. The van der Waals surface area contributed by atoms with Crippen LogP contribution < -0.4 is 5.32 Å². The lowest BCUT2D eigenvalue weighted by Gasteiger charge is -2.40. The zero-order valence-electron chi connectivity index (χ0n) is 16.5. The summed E-state index contributed by atoms with van der Waals surface area (Å²) in [5, 5.41) is 3.00. The number of carbonyl (C=O) groups excluding carboxylic acids is 2. The summed E-state index contributed by atoms with van der Waals surface area (Å²) in [5.74, 6) is -0.124. The Hall–Kier alpha value is -1.99. The second kappa shape index (κ2) is 9.98. The largest absolute Gasteiger partial charge is 0.383 e. The van der Waals surface area contributed by atoms with Crippen molar-refractivity contribution in [3.63, 3.8) is 0 Å². The van der Waals surface area contributed by atoms with Crippen molar-refractivity contribution in [3.05, 3.63) is 35.6 Å². The van der Waals surface area contributed by atoms with Crippen molar-refractivity contribution in [3.8, 4) is 0 Å². The number of nitrogens with one attached hydrogen (secondary N) is 1. The highest BCUT2D eigenvalue weighted by molar-refractivity contribution is 5.94. The van der Waals surface area contributed by atoms with Crippen molar-refractivity contribution in [2.75, 3.05) is 46.4 Å². The molecule has 28 heavy (non-hydrogen) atoms. The van der Waals surface area contributed by atoms with Gasteiger partial charge in [-0.05, 0) is 37.0 Å². The van der Waals surface area contributed by atoms with Crippen molar-refractivity contribution in [1.82, 2.24) is 15.1 Å². The first-order valence-electron chi connectivity index (χ1n) is 10.2. The third-order valence-electron chi connectivity index (χ3n) is 5.79. The van der Waals surface area contributed by atoms with Crippen molar-refractivity contribution < 1.29 is 18.7 Å². The number of hydrogen-bond acceptors (Lipinski definition) is 4. The van der Waals surface area contributed by atoms with E-state index in [4.69, 9.17) is 4.74 Å². The maximum absolute atomic E-state index is 13.4. The van der Waals surface area contributed by atoms with E-state index in [1.165, 1.54) is 25.0 Å². The van der Waals surface area contributed by atoms with Gasteiger partial charge >= 0.3 is 0 Å². The topological polar surface area (TPSA) is 61.9 Å². The number of halogens is 1. The predicted octanol–water partition coefficient (Wildman–Crippen LogP) is 1.90. The maximum atomic E-state index is 13.4. The van der Waals surface area contributed by atoms with Crippen LogP contribution in [0, 0.1) is 11.7 Å². The lowest BCUT2D eigenvalue weighted by Crippen LogP contribution is -2.58. The van der Waals surface area contributed by atoms with Crippen molar-refractivity contribution in [1.29, 1.82) is 0 Å². The normalized spacial score (nSPS) is 19.6. The summed E-state index contributed by atoms with van der Waals surface area (Å²) in [4.78, 5) is 29.5. The second-order valence-corrected chi connectivity index (χ2v) is 7.61. The summed E-state index contributed by atoms with van der Waals surface area (Å²) in [5.41, 5.74) is 0.373. The Bertz CT molecular complexity index is 671. The third-order valence-corrected chi connectivity index (χ3v) is 5.79. The number of carbonyl (C=O) groups is 2.